The molecule has 0 saturated carbocycles. The molecule has 2 aromatic carbocycles. The van der Waals surface area contributed by atoms with Crippen LogP contribution in [0.4, 0.5) is 11.4 Å². The molecule has 1 saturated heterocycles. The summed E-state index contributed by atoms with van der Waals surface area (Å²) in [7, 11) is 0. The van der Waals surface area contributed by atoms with Crippen LogP contribution in [0.3, 0.4) is 0 Å². The van der Waals surface area contributed by atoms with Crippen LogP contribution in [-0.4, -0.2) is 40.6 Å². The van der Waals surface area contributed by atoms with Crippen LogP contribution in [0.25, 0.3) is 5.69 Å². The number of anilines is 2. The van der Waals surface area contributed by atoms with Gasteiger partial charge in [0.25, 0.3) is 11.8 Å². The third kappa shape index (κ3) is 3.77. The van der Waals surface area contributed by atoms with E-state index in [-0.39, 0.29) is 23.2 Å². The van der Waals surface area contributed by atoms with Crippen molar-refractivity contribution < 1.29 is 18.7 Å². The Balaban J connectivity index is 1.49. The van der Waals surface area contributed by atoms with Crippen LogP contribution in [0.2, 0.25) is 0 Å². The van der Waals surface area contributed by atoms with Gasteiger partial charge in [-0.25, -0.2) is 4.68 Å². The molecule has 9 nitrogen and oxygen atoms in total. The third-order valence-corrected chi connectivity index (χ3v) is 6.40. The van der Waals surface area contributed by atoms with Gasteiger partial charge in [-0.2, -0.15) is 5.10 Å². The average molecular weight is 480 g/mol. The lowest BCUT2D eigenvalue weighted by atomic mass is 10.0. The molecule has 1 aromatic heterocycles. The molecule has 34 heavy (non-hydrogen) atoms. The molecule has 0 atom stereocenters. The minimum absolute atomic E-state index is 0.0830. The molecule has 174 valence electrons. The SMILES string of the molecule is NC(=O)c1nn(-c2ccc(OCl)cc2)c2c1CCN(c1ccc(N3CCCCC3=O)cc1)C2=O. The lowest BCUT2D eigenvalue weighted by Gasteiger charge is -2.29. The van der Waals surface area contributed by atoms with Crippen molar-refractivity contribution in [3.8, 4) is 11.4 Å². The highest BCUT2D eigenvalue weighted by molar-refractivity contribution is 6.10. The largest absolute Gasteiger partial charge is 0.386 e. The molecule has 3 amide bonds. The fraction of sp³-hybridized carbons (Fsp3) is 0.250. The van der Waals surface area contributed by atoms with Gasteiger partial charge in [0.1, 0.15) is 23.3 Å². The van der Waals surface area contributed by atoms with E-state index in [1.165, 1.54) is 4.68 Å². The van der Waals surface area contributed by atoms with E-state index in [0.717, 1.165) is 18.5 Å². The number of halogens is 1. The Hall–Kier alpha value is -3.85. The van der Waals surface area contributed by atoms with Crippen LogP contribution in [0.15, 0.2) is 48.5 Å². The first-order chi connectivity index (χ1) is 16.5. The second-order valence-electron chi connectivity index (χ2n) is 8.25. The van der Waals surface area contributed by atoms with Crippen LogP contribution < -0.4 is 19.8 Å². The molecular weight excluding hydrogens is 458 g/mol. The normalized spacial score (nSPS) is 15.9. The Labute approximate surface area is 200 Å². The van der Waals surface area contributed by atoms with Gasteiger partial charge >= 0.3 is 0 Å². The molecule has 2 aliphatic heterocycles. The number of nitrogens with two attached hydrogens (primary N) is 1. The highest BCUT2D eigenvalue weighted by Gasteiger charge is 2.34. The van der Waals surface area contributed by atoms with Crippen molar-refractivity contribution in [3.05, 3.63) is 65.5 Å². The first kappa shape index (κ1) is 22.0. The van der Waals surface area contributed by atoms with E-state index in [0.29, 0.717) is 48.6 Å². The fourth-order valence-corrected chi connectivity index (χ4v) is 4.62. The molecule has 1 fully saturated rings. The number of carbonyl (C=O) groups is 3. The Morgan fingerprint density at radius 2 is 1.53 bits per heavy atom. The van der Waals surface area contributed by atoms with Crippen molar-refractivity contribution >= 4 is 41.0 Å². The number of nitrogens with zero attached hydrogens (tertiary/aromatic N) is 4. The summed E-state index contributed by atoms with van der Waals surface area (Å²) in [5.41, 5.74) is 8.54. The number of piperidine rings is 1. The molecule has 3 aromatic rings. The number of fused-ring (bicyclic) bond motifs is 1. The molecule has 2 N–H and O–H groups in total. The number of hydrogen-bond acceptors (Lipinski definition) is 5. The first-order valence-corrected chi connectivity index (χ1v) is 11.3. The number of rotatable bonds is 5. The van der Waals surface area contributed by atoms with Crippen LogP contribution in [0, 0.1) is 0 Å². The maximum Gasteiger partial charge on any atom is 0.277 e. The molecule has 10 heteroatoms. The minimum Gasteiger partial charge on any atom is -0.386 e. The molecular formula is C24H22ClN5O4. The zero-order valence-electron chi connectivity index (χ0n) is 18.2. The number of hydrogen-bond donors (Lipinski definition) is 1. The number of carbonyl (C=O) groups excluding carboxylic acids is 3. The summed E-state index contributed by atoms with van der Waals surface area (Å²) in [5.74, 6) is -0.429. The Kier molecular flexibility index (Phi) is 5.70. The van der Waals surface area contributed by atoms with E-state index in [9.17, 15) is 14.4 Å². The van der Waals surface area contributed by atoms with Crippen molar-refractivity contribution in [2.24, 2.45) is 5.73 Å². The molecule has 0 unspecified atom stereocenters. The van der Waals surface area contributed by atoms with Crippen molar-refractivity contribution in [3.63, 3.8) is 0 Å². The Morgan fingerprint density at radius 1 is 0.882 bits per heavy atom. The maximum absolute atomic E-state index is 13.6. The van der Waals surface area contributed by atoms with E-state index in [4.69, 9.17) is 17.6 Å². The number of aromatic nitrogens is 2. The molecule has 5 rings (SSSR count). The quantitative estimate of drug-likeness (QED) is 0.604. The summed E-state index contributed by atoms with van der Waals surface area (Å²) in [5, 5.41) is 4.36. The van der Waals surface area contributed by atoms with Gasteiger partial charge in [0.05, 0.1) is 5.69 Å². The minimum atomic E-state index is -0.687. The molecule has 0 aliphatic carbocycles. The number of benzene rings is 2. The lowest BCUT2D eigenvalue weighted by Crippen LogP contribution is -2.39. The van der Waals surface area contributed by atoms with Gasteiger partial charge in [0, 0.05) is 36.4 Å². The summed E-state index contributed by atoms with van der Waals surface area (Å²) in [6, 6.07) is 14.0. The second-order valence-corrected chi connectivity index (χ2v) is 8.40. The number of amides is 3. The van der Waals surface area contributed by atoms with Crippen molar-refractivity contribution in [1.82, 2.24) is 9.78 Å². The monoisotopic (exact) mass is 479 g/mol. The Bertz CT molecular complexity index is 1270. The molecule has 2 aliphatic rings. The third-order valence-electron chi connectivity index (χ3n) is 6.22. The lowest BCUT2D eigenvalue weighted by molar-refractivity contribution is -0.119. The molecule has 3 heterocycles. The van der Waals surface area contributed by atoms with Crippen molar-refractivity contribution in [2.45, 2.75) is 25.7 Å². The van der Waals surface area contributed by atoms with Crippen LogP contribution >= 0.6 is 11.9 Å². The smallest absolute Gasteiger partial charge is 0.277 e. The van der Waals surface area contributed by atoms with Gasteiger partial charge in [-0.15, -0.1) is 0 Å². The molecule has 0 bridgehead atoms. The van der Waals surface area contributed by atoms with E-state index in [2.05, 4.69) is 9.39 Å². The second kappa shape index (κ2) is 8.83. The predicted molar refractivity (Wildman–Crippen MR) is 127 cm³/mol. The first-order valence-electron chi connectivity index (χ1n) is 11.0. The topological polar surface area (TPSA) is 111 Å². The highest BCUT2D eigenvalue weighted by atomic mass is 35.5. The van der Waals surface area contributed by atoms with E-state index in [1.54, 1.807) is 34.1 Å². The maximum atomic E-state index is 13.6. The van der Waals surface area contributed by atoms with Crippen molar-refractivity contribution in [2.75, 3.05) is 22.9 Å². The summed E-state index contributed by atoms with van der Waals surface area (Å²) >= 11 is 5.40. The summed E-state index contributed by atoms with van der Waals surface area (Å²) in [6.45, 7) is 1.08. The van der Waals surface area contributed by atoms with Gasteiger partial charge in [-0.3, -0.25) is 14.4 Å². The van der Waals surface area contributed by atoms with Crippen LogP contribution in [0.1, 0.15) is 45.8 Å². The van der Waals surface area contributed by atoms with Crippen molar-refractivity contribution in [1.29, 1.82) is 0 Å². The average Bonchev–Trinajstić information content (AvgIpc) is 3.26. The van der Waals surface area contributed by atoms with E-state index in [1.807, 2.05) is 24.3 Å². The molecule has 0 radical (unpaired) electrons. The summed E-state index contributed by atoms with van der Waals surface area (Å²) < 4.78 is 6.12. The molecule has 0 spiro atoms. The van der Waals surface area contributed by atoms with Gasteiger partial charge in [0.2, 0.25) is 5.91 Å². The summed E-state index contributed by atoms with van der Waals surface area (Å²) in [6.07, 6.45) is 2.87. The van der Waals surface area contributed by atoms with Gasteiger partial charge in [-0.05, 0) is 67.8 Å². The predicted octanol–water partition coefficient (Wildman–Crippen LogP) is 3.22. The van der Waals surface area contributed by atoms with E-state index < -0.39 is 5.91 Å². The summed E-state index contributed by atoms with van der Waals surface area (Å²) in [4.78, 5) is 41.3. The van der Waals surface area contributed by atoms with Gasteiger partial charge in [-0.1, -0.05) is 0 Å². The fourth-order valence-electron chi connectivity index (χ4n) is 4.52. The highest BCUT2D eigenvalue weighted by Crippen LogP contribution is 2.31. The number of primary amides is 1. The zero-order chi connectivity index (χ0) is 23.8. The van der Waals surface area contributed by atoms with Gasteiger partial charge < -0.3 is 19.8 Å². The Morgan fingerprint density at radius 3 is 2.15 bits per heavy atom. The standard InChI is InChI=1S/C24H22ClN5O4/c25-34-18-10-8-17(9-11-18)30-22-19(21(27-30)23(26)32)12-14-29(24(22)33)16-6-4-15(5-7-16)28-13-2-1-3-20(28)31/h4-11H,1-3,12-14H2,(H2,26,32). The van der Waals surface area contributed by atoms with Crippen LogP contribution in [0.5, 0.6) is 5.75 Å². The van der Waals surface area contributed by atoms with Crippen LogP contribution in [-0.2, 0) is 11.2 Å². The van der Waals surface area contributed by atoms with E-state index >= 15 is 0 Å². The zero-order valence-corrected chi connectivity index (χ0v) is 19.0. The van der Waals surface area contributed by atoms with Gasteiger partial charge in [0.15, 0.2) is 5.69 Å².